The summed E-state index contributed by atoms with van der Waals surface area (Å²) in [5.74, 6) is -0.470. The Labute approximate surface area is 245 Å². The molecule has 0 aromatic heterocycles. The van der Waals surface area contributed by atoms with Crippen LogP contribution in [0.3, 0.4) is 0 Å². The average molecular weight is 607 g/mol. The van der Waals surface area contributed by atoms with Gasteiger partial charge in [-0.25, -0.2) is 8.42 Å². The van der Waals surface area contributed by atoms with Crippen molar-refractivity contribution in [3.05, 3.63) is 88.4 Å². The van der Waals surface area contributed by atoms with E-state index in [4.69, 9.17) is 27.9 Å². The summed E-state index contributed by atoms with van der Waals surface area (Å²) in [6, 6.07) is 18.0. The molecule has 11 heteroatoms. The molecule has 0 bridgehead atoms. The summed E-state index contributed by atoms with van der Waals surface area (Å²) in [5.41, 5.74) is 0.388. The average Bonchev–Trinajstić information content (AvgIpc) is 2.89. The van der Waals surface area contributed by atoms with Gasteiger partial charge in [0.05, 0.1) is 17.7 Å². The molecule has 8 nitrogen and oxygen atoms in total. The standard InChI is InChI=1S/C29H33Cl2N3O5S/c1-20(28(36)32-29(2,3)4)33(18-21-7-6-8-23(31)17-21)27(35)19-34(24-11-9-22(30)10-12-24)40(37,38)26-15-13-25(39-5)14-16-26/h6-17,20H,18-19H2,1-5H3,(H,32,36). The maximum atomic E-state index is 13.9. The summed E-state index contributed by atoms with van der Waals surface area (Å²) in [5, 5.41) is 3.78. The molecule has 0 spiro atoms. The molecule has 0 heterocycles. The maximum absolute atomic E-state index is 13.9. The number of anilines is 1. The van der Waals surface area contributed by atoms with Crippen LogP contribution in [0.5, 0.6) is 5.75 Å². The van der Waals surface area contributed by atoms with E-state index in [-0.39, 0.29) is 23.0 Å². The van der Waals surface area contributed by atoms with Gasteiger partial charge < -0.3 is 15.0 Å². The summed E-state index contributed by atoms with van der Waals surface area (Å²) in [6.07, 6.45) is 0. The number of ether oxygens (including phenoxy) is 1. The van der Waals surface area contributed by atoms with E-state index in [0.29, 0.717) is 21.4 Å². The largest absolute Gasteiger partial charge is 0.497 e. The van der Waals surface area contributed by atoms with Gasteiger partial charge in [0.25, 0.3) is 10.0 Å². The summed E-state index contributed by atoms with van der Waals surface area (Å²) >= 11 is 12.2. The molecular weight excluding hydrogens is 573 g/mol. The zero-order chi connectivity index (χ0) is 29.7. The van der Waals surface area contributed by atoms with Crippen LogP contribution in [0, 0.1) is 0 Å². The Morgan fingerprint density at radius 3 is 2.12 bits per heavy atom. The third-order valence-corrected chi connectivity index (χ3v) is 8.22. The molecule has 0 saturated carbocycles. The summed E-state index contributed by atoms with van der Waals surface area (Å²) < 4.78 is 33.9. The van der Waals surface area contributed by atoms with Gasteiger partial charge in [-0.2, -0.15) is 0 Å². The first-order valence-corrected chi connectivity index (χ1v) is 14.7. The van der Waals surface area contributed by atoms with Gasteiger partial charge in [-0.3, -0.25) is 13.9 Å². The summed E-state index contributed by atoms with van der Waals surface area (Å²) in [7, 11) is -2.73. The number of benzene rings is 3. The molecule has 1 unspecified atom stereocenters. The molecule has 0 fully saturated rings. The lowest BCUT2D eigenvalue weighted by Crippen LogP contribution is -2.54. The highest BCUT2D eigenvalue weighted by atomic mass is 35.5. The minimum Gasteiger partial charge on any atom is -0.497 e. The van der Waals surface area contributed by atoms with Gasteiger partial charge >= 0.3 is 0 Å². The summed E-state index contributed by atoms with van der Waals surface area (Å²) in [4.78, 5) is 28.4. The molecule has 0 aliphatic heterocycles. The molecule has 3 aromatic rings. The second kappa shape index (κ2) is 12.9. The third kappa shape index (κ3) is 8.13. The van der Waals surface area contributed by atoms with Crippen LogP contribution in [0.2, 0.25) is 10.0 Å². The Morgan fingerprint density at radius 1 is 0.950 bits per heavy atom. The number of methoxy groups -OCH3 is 1. The Morgan fingerprint density at radius 2 is 1.57 bits per heavy atom. The highest BCUT2D eigenvalue weighted by molar-refractivity contribution is 7.92. The van der Waals surface area contributed by atoms with Crippen molar-refractivity contribution in [2.24, 2.45) is 0 Å². The molecule has 0 radical (unpaired) electrons. The predicted molar refractivity (Wildman–Crippen MR) is 158 cm³/mol. The van der Waals surface area contributed by atoms with Gasteiger partial charge in [0.1, 0.15) is 18.3 Å². The van der Waals surface area contributed by atoms with Crippen molar-refractivity contribution in [3.63, 3.8) is 0 Å². The number of amides is 2. The van der Waals surface area contributed by atoms with Crippen LogP contribution in [0.4, 0.5) is 5.69 Å². The molecule has 1 N–H and O–H groups in total. The molecule has 0 aliphatic rings. The Kier molecular flexibility index (Phi) is 10.1. The fourth-order valence-corrected chi connectivity index (χ4v) is 5.65. The quantitative estimate of drug-likeness (QED) is 0.328. The van der Waals surface area contributed by atoms with E-state index in [1.165, 1.54) is 48.4 Å². The van der Waals surface area contributed by atoms with E-state index in [1.54, 1.807) is 43.3 Å². The van der Waals surface area contributed by atoms with Crippen LogP contribution in [-0.2, 0) is 26.2 Å². The van der Waals surface area contributed by atoms with Crippen LogP contribution in [0.1, 0.15) is 33.3 Å². The molecule has 0 aliphatic carbocycles. The highest BCUT2D eigenvalue weighted by Crippen LogP contribution is 2.27. The van der Waals surface area contributed by atoms with E-state index in [9.17, 15) is 18.0 Å². The van der Waals surface area contributed by atoms with Crippen molar-refractivity contribution in [2.45, 2.75) is 50.7 Å². The van der Waals surface area contributed by atoms with Crippen molar-refractivity contribution in [3.8, 4) is 5.75 Å². The van der Waals surface area contributed by atoms with Crippen LogP contribution in [0.25, 0.3) is 0 Å². The Bertz CT molecular complexity index is 1440. The zero-order valence-electron chi connectivity index (χ0n) is 23.0. The Hall–Kier alpha value is -3.27. The zero-order valence-corrected chi connectivity index (χ0v) is 25.3. The van der Waals surface area contributed by atoms with E-state index in [0.717, 1.165) is 4.31 Å². The summed E-state index contributed by atoms with van der Waals surface area (Å²) in [6.45, 7) is 6.59. The van der Waals surface area contributed by atoms with Gasteiger partial charge in [-0.15, -0.1) is 0 Å². The number of nitrogens with zero attached hydrogens (tertiary/aromatic N) is 2. The van der Waals surface area contributed by atoms with Crippen molar-refractivity contribution in [1.82, 2.24) is 10.2 Å². The van der Waals surface area contributed by atoms with Crippen molar-refractivity contribution in [2.75, 3.05) is 18.0 Å². The SMILES string of the molecule is COc1ccc(S(=O)(=O)N(CC(=O)N(Cc2cccc(Cl)c2)C(C)C(=O)NC(C)(C)C)c2ccc(Cl)cc2)cc1. The number of carbonyl (C=O) groups is 2. The van der Waals surface area contributed by atoms with Gasteiger partial charge in [0.15, 0.2) is 0 Å². The second-order valence-corrected chi connectivity index (χ2v) is 13.0. The lowest BCUT2D eigenvalue weighted by atomic mass is 10.1. The predicted octanol–water partition coefficient (Wildman–Crippen LogP) is 5.53. The van der Waals surface area contributed by atoms with Crippen LogP contribution < -0.4 is 14.4 Å². The van der Waals surface area contributed by atoms with E-state index in [2.05, 4.69) is 5.32 Å². The maximum Gasteiger partial charge on any atom is 0.264 e. The van der Waals surface area contributed by atoms with Crippen LogP contribution in [0.15, 0.2) is 77.7 Å². The van der Waals surface area contributed by atoms with E-state index in [1.807, 2.05) is 20.8 Å². The molecular formula is C29H33Cl2N3O5S. The van der Waals surface area contributed by atoms with Crippen LogP contribution >= 0.6 is 23.2 Å². The Balaban J connectivity index is 2.03. The van der Waals surface area contributed by atoms with Gasteiger partial charge in [-0.1, -0.05) is 35.3 Å². The highest BCUT2D eigenvalue weighted by Gasteiger charge is 2.33. The smallest absolute Gasteiger partial charge is 0.264 e. The number of carbonyl (C=O) groups excluding carboxylic acids is 2. The minimum absolute atomic E-state index is 0.0315. The topological polar surface area (TPSA) is 96.0 Å². The van der Waals surface area contributed by atoms with Gasteiger partial charge in [0.2, 0.25) is 11.8 Å². The van der Waals surface area contributed by atoms with Gasteiger partial charge in [-0.05, 0) is 93.9 Å². The number of nitrogens with one attached hydrogen (secondary N) is 1. The van der Waals surface area contributed by atoms with E-state index < -0.39 is 34.1 Å². The van der Waals surface area contributed by atoms with E-state index >= 15 is 0 Å². The molecule has 3 aromatic carbocycles. The fourth-order valence-electron chi connectivity index (χ4n) is 3.90. The fraction of sp³-hybridized carbons (Fsp3) is 0.310. The van der Waals surface area contributed by atoms with Crippen molar-refractivity contribution < 1.29 is 22.7 Å². The van der Waals surface area contributed by atoms with Crippen molar-refractivity contribution >= 4 is 50.7 Å². The lowest BCUT2D eigenvalue weighted by molar-refractivity contribution is -0.140. The molecule has 2 amide bonds. The van der Waals surface area contributed by atoms with Gasteiger partial charge in [0, 0.05) is 22.1 Å². The first kappa shape index (κ1) is 31.3. The number of sulfonamides is 1. The molecule has 3 rings (SSSR count). The minimum atomic E-state index is -4.21. The lowest BCUT2D eigenvalue weighted by Gasteiger charge is -2.33. The molecule has 0 saturated heterocycles. The third-order valence-electron chi connectivity index (χ3n) is 5.95. The first-order valence-electron chi connectivity index (χ1n) is 12.5. The molecule has 40 heavy (non-hydrogen) atoms. The second-order valence-electron chi connectivity index (χ2n) is 10.2. The number of halogens is 2. The van der Waals surface area contributed by atoms with Crippen molar-refractivity contribution in [1.29, 1.82) is 0 Å². The monoisotopic (exact) mass is 605 g/mol. The first-order chi connectivity index (χ1) is 18.7. The van der Waals surface area contributed by atoms with Crippen LogP contribution in [-0.4, -0.2) is 50.4 Å². The number of hydrogen-bond acceptors (Lipinski definition) is 5. The number of hydrogen-bond donors (Lipinski definition) is 1. The number of rotatable bonds is 10. The normalized spacial score (nSPS) is 12.4. The molecule has 214 valence electrons. The molecule has 1 atom stereocenters.